The van der Waals surface area contributed by atoms with Gasteiger partial charge in [0.1, 0.15) is 5.75 Å². The molecule has 4 heteroatoms. The highest BCUT2D eigenvalue weighted by atomic mass is 16.8. The summed E-state index contributed by atoms with van der Waals surface area (Å²) in [6.45, 7) is 0. The quantitative estimate of drug-likeness (QED) is 0.671. The molecule has 0 spiro atoms. The molecule has 4 nitrogen and oxygen atoms in total. The van der Waals surface area contributed by atoms with Crippen LogP contribution in [0.15, 0.2) is 54.6 Å². The maximum Gasteiger partial charge on any atom is 0.357 e. The normalized spacial score (nSPS) is 24.4. The first-order valence-corrected chi connectivity index (χ1v) is 6.02. The largest absolute Gasteiger partial charge is 0.437 e. The van der Waals surface area contributed by atoms with Crippen LogP contribution in [0.1, 0.15) is 11.1 Å². The van der Waals surface area contributed by atoms with E-state index in [1.807, 2.05) is 6.07 Å². The second kappa shape index (κ2) is 4.06. The summed E-state index contributed by atoms with van der Waals surface area (Å²) in [5.74, 6) is -2.30. The van der Waals surface area contributed by atoms with Gasteiger partial charge in [-0.05, 0) is 17.2 Å². The molecular formula is C15H14O4. The van der Waals surface area contributed by atoms with Crippen LogP contribution >= 0.6 is 0 Å². The number of fused-ring (bicyclic) bond motifs is 1. The van der Waals surface area contributed by atoms with Gasteiger partial charge < -0.3 is 20.1 Å². The highest BCUT2D eigenvalue weighted by molar-refractivity contribution is 5.40. The molecule has 0 bridgehead atoms. The number of hydrogen-bond acceptors (Lipinski definition) is 4. The van der Waals surface area contributed by atoms with Crippen molar-refractivity contribution in [3.05, 3.63) is 65.7 Å². The van der Waals surface area contributed by atoms with Crippen LogP contribution in [-0.4, -0.2) is 21.3 Å². The van der Waals surface area contributed by atoms with E-state index in [1.165, 1.54) is 0 Å². The fourth-order valence-corrected chi connectivity index (χ4v) is 2.38. The second-order valence-corrected chi connectivity index (χ2v) is 4.72. The molecule has 0 saturated carbocycles. The second-order valence-electron chi connectivity index (χ2n) is 4.72. The van der Waals surface area contributed by atoms with Crippen molar-refractivity contribution in [1.29, 1.82) is 0 Å². The van der Waals surface area contributed by atoms with E-state index in [1.54, 1.807) is 48.5 Å². The number of aliphatic hydroxyl groups is 3. The van der Waals surface area contributed by atoms with Crippen molar-refractivity contribution in [2.75, 3.05) is 0 Å². The van der Waals surface area contributed by atoms with Crippen LogP contribution < -0.4 is 4.74 Å². The van der Waals surface area contributed by atoms with E-state index >= 15 is 0 Å². The minimum Gasteiger partial charge on any atom is -0.437 e. The number of benzene rings is 2. The standard InChI is InChI=1S/C15H14O4/c16-14(12-7-2-1-3-8-12)10-11-6-4-5-9-13(11)19-15(14,17)18/h1-9,16-18H,10H2. The lowest BCUT2D eigenvalue weighted by Crippen LogP contribution is -2.59. The predicted molar refractivity (Wildman–Crippen MR) is 68.3 cm³/mol. The SMILES string of the molecule is OC1(O)Oc2ccccc2CC1(O)c1ccccc1. The van der Waals surface area contributed by atoms with E-state index in [0.29, 0.717) is 11.3 Å². The van der Waals surface area contributed by atoms with Crippen molar-refractivity contribution in [2.45, 2.75) is 18.0 Å². The maximum absolute atomic E-state index is 10.7. The lowest BCUT2D eigenvalue weighted by molar-refractivity contribution is -0.386. The summed E-state index contributed by atoms with van der Waals surface area (Å²) in [6, 6.07) is 15.5. The van der Waals surface area contributed by atoms with Gasteiger partial charge in [0, 0.05) is 6.42 Å². The molecule has 2 aromatic rings. The van der Waals surface area contributed by atoms with Gasteiger partial charge in [-0.25, -0.2) is 0 Å². The van der Waals surface area contributed by atoms with Crippen LogP contribution in [0.5, 0.6) is 5.75 Å². The minimum atomic E-state index is -2.66. The summed E-state index contributed by atoms with van der Waals surface area (Å²) in [7, 11) is 0. The van der Waals surface area contributed by atoms with Crippen molar-refractivity contribution < 1.29 is 20.1 Å². The maximum atomic E-state index is 10.7. The average molecular weight is 258 g/mol. The average Bonchev–Trinajstić information content (AvgIpc) is 2.40. The van der Waals surface area contributed by atoms with Crippen molar-refractivity contribution in [3.63, 3.8) is 0 Å². The molecule has 3 N–H and O–H groups in total. The zero-order valence-electron chi connectivity index (χ0n) is 10.2. The smallest absolute Gasteiger partial charge is 0.357 e. The molecule has 0 fully saturated rings. The highest BCUT2D eigenvalue weighted by Gasteiger charge is 2.55. The highest BCUT2D eigenvalue weighted by Crippen LogP contribution is 2.42. The third kappa shape index (κ3) is 1.81. The van der Waals surface area contributed by atoms with Gasteiger partial charge in [-0.15, -0.1) is 0 Å². The lowest BCUT2D eigenvalue weighted by atomic mass is 9.83. The van der Waals surface area contributed by atoms with Crippen molar-refractivity contribution in [1.82, 2.24) is 0 Å². The van der Waals surface area contributed by atoms with Gasteiger partial charge in [-0.3, -0.25) is 0 Å². The van der Waals surface area contributed by atoms with Crippen LogP contribution in [0, 0.1) is 0 Å². The Morgan fingerprint density at radius 3 is 2.21 bits per heavy atom. The first-order valence-electron chi connectivity index (χ1n) is 6.02. The Labute approximate surface area is 110 Å². The summed E-state index contributed by atoms with van der Waals surface area (Å²) in [6.07, 6.45) is 0.0696. The van der Waals surface area contributed by atoms with Crippen molar-refractivity contribution >= 4 is 0 Å². The Balaban J connectivity index is 2.12. The van der Waals surface area contributed by atoms with Gasteiger partial charge in [0.15, 0.2) is 5.60 Å². The Hall–Kier alpha value is -1.88. The number of para-hydroxylation sites is 1. The molecule has 0 radical (unpaired) electrons. The summed E-state index contributed by atoms with van der Waals surface area (Å²) in [5.41, 5.74) is -0.773. The molecule has 0 amide bonds. The van der Waals surface area contributed by atoms with Gasteiger partial charge in [0.25, 0.3) is 0 Å². The third-order valence-electron chi connectivity index (χ3n) is 3.46. The van der Waals surface area contributed by atoms with Gasteiger partial charge in [0.05, 0.1) is 0 Å². The van der Waals surface area contributed by atoms with Crippen LogP contribution in [-0.2, 0) is 12.0 Å². The van der Waals surface area contributed by atoms with Crippen molar-refractivity contribution in [3.8, 4) is 5.75 Å². The van der Waals surface area contributed by atoms with Gasteiger partial charge in [-0.1, -0.05) is 48.5 Å². The molecule has 1 aliphatic rings. The molecule has 98 valence electrons. The van der Waals surface area contributed by atoms with E-state index < -0.39 is 11.6 Å². The first-order chi connectivity index (χ1) is 9.03. The Morgan fingerprint density at radius 2 is 1.47 bits per heavy atom. The minimum absolute atomic E-state index is 0.0696. The zero-order valence-corrected chi connectivity index (χ0v) is 10.2. The van der Waals surface area contributed by atoms with Gasteiger partial charge >= 0.3 is 5.97 Å². The Kier molecular flexibility index (Phi) is 2.60. The van der Waals surface area contributed by atoms with Crippen LogP contribution in [0.2, 0.25) is 0 Å². The molecule has 19 heavy (non-hydrogen) atoms. The molecule has 0 aromatic heterocycles. The van der Waals surface area contributed by atoms with Crippen LogP contribution in [0.25, 0.3) is 0 Å². The van der Waals surface area contributed by atoms with Gasteiger partial charge in [0.2, 0.25) is 0 Å². The molecule has 1 aliphatic heterocycles. The van der Waals surface area contributed by atoms with Gasteiger partial charge in [-0.2, -0.15) is 0 Å². The number of hydrogen-bond donors (Lipinski definition) is 3. The van der Waals surface area contributed by atoms with E-state index in [0.717, 1.165) is 5.56 Å². The Morgan fingerprint density at radius 1 is 0.842 bits per heavy atom. The number of ether oxygens (including phenoxy) is 1. The van der Waals surface area contributed by atoms with E-state index in [9.17, 15) is 15.3 Å². The molecule has 1 atom stereocenters. The monoisotopic (exact) mass is 258 g/mol. The summed E-state index contributed by atoms with van der Waals surface area (Å²) < 4.78 is 5.15. The zero-order chi connectivity index (χ0) is 13.5. The van der Waals surface area contributed by atoms with E-state index in [2.05, 4.69) is 0 Å². The molecule has 0 saturated heterocycles. The predicted octanol–water partition coefficient (Wildman–Crippen LogP) is 1.15. The van der Waals surface area contributed by atoms with E-state index in [-0.39, 0.29) is 6.42 Å². The lowest BCUT2D eigenvalue weighted by Gasteiger charge is -2.43. The van der Waals surface area contributed by atoms with Crippen LogP contribution in [0.3, 0.4) is 0 Å². The molecule has 1 heterocycles. The topological polar surface area (TPSA) is 69.9 Å². The number of rotatable bonds is 1. The summed E-state index contributed by atoms with van der Waals surface area (Å²) in [4.78, 5) is 0. The molecule has 0 aliphatic carbocycles. The molecule has 1 unspecified atom stereocenters. The van der Waals surface area contributed by atoms with Crippen molar-refractivity contribution in [2.24, 2.45) is 0 Å². The fraction of sp³-hybridized carbons (Fsp3) is 0.200. The fourth-order valence-electron chi connectivity index (χ4n) is 2.38. The summed E-state index contributed by atoms with van der Waals surface area (Å²) >= 11 is 0. The van der Waals surface area contributed by atoms with Crippen LogP contribution in [0.4, 0.5) is 0 Å². The Bertz CT molecular complexity index is 594. The van der Waals surface area contributed by atoms with E-state index in [4.69, 9.17) is 4.74 Å². The molecule has 2 aromatic carbocycles. The molecule has 3 rings (SSSR count). The summed E-state index contributed by atoms with van der Waals surface area (Å²) in [5, 5.41) is 30.8. The third-order valence-corrected chi connectivity index (χ3v) is 3.46. The molecular weight excluding hydrogens is 244 g/mol. The first kappa shape index (κ1) is 12.2.